The average molecular weight is 363 g/mol. The Hall–Kier alpha value is -2.58. The largest absolute Gasteiger partial charge is 0.497 e. The summed E-state index contributed by atoms with van der Waals surface area (Å²) in [5.41, 5.74) is 1.49. The predicted octanol–water partition coefficient (Wildman–Crippen LogP) is 2.19. The molecule has 1 N–H and O–H groups in total. The summed E-state index contributed by atoms with van der Waals surface area (Å²) in [4.78, 5) is 12.3. The van der Waals surface area contributed by atoms with Crippen LogP contribution in [-0.2, 0) is 10.2 Å². The number of nitrogens with one attached hydrogen (secondary N) is 1. The Kier molecular flexibility index (Phi) is 5.66. The molecule has 2 aromatic rings. The van der Waals surface area contributed by atoms with Crippen LogP contribution in [0.4, 0.5) is 11.4 Å². The van der Waals surface area contributed by atoms with E-state index in [4.69, 9.17) is 4.74 Å². The Bertz CT molecular complexity index is 848. The van der Waals surface area contributed by atoms with Gasteiger partial charge in [0.1, 0.15) is 5.75 Å². The van der Waals surface area contributed by atoms with Gasteiger partial charge in [-0.3, -0.25) is 9.10 Å². The lowest BCUT2D eigenvalue weighted by atomic mass is 10.2. The van der Waals surface area contributed by atoms with Crippen LogP contribution in [0.2, 0.25) is 0 Å². The first-order chi connectivity index (χ1) is 11.8. The number of hydrogen-bond donors (Lipinski definition) is 1. The lowest BCUT2D eigenvalue weighted by Gasteiger charge is -2.23. The number of carbonyl (C=O) groups is 1. The van der Waals surface area contributed by atoms with E-state index in [1.807, 2.05) is 0 Å². The van der Waals surface area contributed by atoms with E-state index < -0.39 is 10.2 Å². The van der Waals surface area contributed by atoms with Gasteiger partial charge in [0, 0.05) is 38.5 Å². The van der Waals surface area contributed by atoms with Crippen molar-refractivity contribution in [3.05, 3.63) is 54.1 Å². The Morgan fingerprint density at radius 1 is 1.04 bits per heavy atom. The van der Waals surface area contributed by atoms with E-state index in [9.17, 15) is 13.2 Å². The Balaban J connectivity index is 2.15. The van der Waals surface area contributed by atoms with Crippen molar-refractivity contribution < 1.29 is 17.9 Å². The molecule has 0 saturated carbocycles. The summed E-state index contributed by atoms with van der Waals surface area (Å²) in [6, 6.07) is 13.3. The maximum Gasteiger partial charge on any atom is 0.303 e. The second-order valence-corrected chi connectivity index (χ2v) is 7.66. The van der Waals surface area contributed by atoms with Crippen LogP contribution in [-0.4, -0.2) is 46.9 Å². The summed E-state index contributed by atoms with van der Waals surface area (Å²) in [6.07, 6.45) is 0. The molecule has 0 heterocycles. The van der Waals surface area contributed by atoms with E-state index in [2.05, 4.69) is 5.32 Å². The van der Waals surface area contributed by atoms with E-state index in [-0.39, 0.29) is 5.91 Å². The molecule has 0 atom stereocenters. The molecule has 0 unspecified atom stereocenters. The van der Waals surface area contributed by atoms with Gasteiger partial charge < -0.3 is 10.1 Å². The molecule has 2 rings (SSSR count). The quantitative estimate of drug-likeness (QED) is 0.853. The molecule has 0 aliphatic carbocycles. The first-order valence-corrected chi connectivity index (χ1v) is 8.87. The molecular formula is C17H21N3O4S. The number of anilines is 2. The second kappa shape index (κ2) is 7.54. The van der Waals surface area contributed by atoms with Crippen molar-refractivity contribution in [3.8, 4) is 5.75 Å². The molecule has 0 aliphatic rings. The summed E-state index contributed by atoms with van der Waals surface area (Å²) in [7, 11) is 2.37. The number of ether oxygens (including phenoxy) is 1. The molecule has 25 heavy (non-hydrogen) atoms. The molecule has 0 aromatic heterocycles. The van der Waals surface area contributed by atoms with Gasteiger partial charge in [-0.05, 0) is 36.4 Å². The lowest BCUT2D eigenvalue weighted by Crippen LogP contribution is -2.37. The summed E-state index contributed by atoms with van der Waals surface area (Å²) < 4.78 is 31.6. The first kappa shape index (κ1) is 18.8. The van der Waals surface area contributed by atoms with Gasteiger partial charge in [-0.25, -0.2) is 0 Å². The van der Waals surface area contributed by atoms with Crippen molar-refractivity contribution >= 4 is 27.5 Å². The highest BCUT2D eigenvalue weighted by Crippen LogP contribution is 2.20. The van der Waals surface area contributed by atoms with E-state index >= 15 is 0 Å². The highest BCUT2D eigenvalue weighted by molar-refractivity contribution is 7.90. The zero-order chi connectivity index (χ0) is 18.6. The minimum Gasteiger partial charge on any atom is -0.497 e. The molecule has 0 spiro atoms. The maximum absolute atomic E-state index is 12.3. The van der Waals surface area contributed by atoms with Crippen molar-refractivity contribution in [1.29, 1.82) is 0 Å². The normalized spacial score (nSPS) is 11.2. The monoisotopic (exact) mass is 363 g/mol. The molecule has 0 fully saturated rings. The van der Waals surface area contributed by atoms with Crippen molar-refractivity contribution in [3.63, 3.8) is 0 Å². The molecule has 7 nitrogen and oxygen atoms in total. The number of nitrogens with zero attached hydrogens (tertiary/aromatic N) is 2. The summed E-state index contributed by atoms with van der Waals surface area (Å²) >= 11 is 0. The van der Waals surface area contributed by atoms with Gasteiger partial charge in [-0.1, -0.05) is 6.07 Å². The highest BCUT2D eigenvalue weighted by Gasteiger charge is 2.21. The van der Waals surface area contributed by atoms with Crippen LogP contribution >= 0.6 is 0 Å². The minimum atomic E-state index is -3.57. The van der Waals surface area contributed by atoms with E-state index in [0.29, 0.717) is 22.7 Å². The van der Waals surface area contributed by atoms with Crippen LogP contribution in [0.3, 0.4) is 0 Å². The van der Waals surface area contributed by atoms with E-state index in [1.54, 1.807) is 55.6 Å². The summed E-state index contributed by atoms with van der Waals surface area (Å²) in [6.45, 7) is 0. The number of methoxy groups -OCH3 is 1. The predicted molar refractivity (Wildman–Crippen MR) is 98.4 cm³/mol. The molecule has 0 radical (unpaired) electrons. The van der Waals surface area contributed by atoms with Crippen molar-refractivity contribution in [1.82, 2.24) is 4.31 Å². The van der Waals surface area contributed by atoms with Crippen LogP contribution in [0.15, 0.2) is 48.5 Å². The topological polar surface area (TPSA) is 79.0 Å². The van der Waals surface area contributed by atoms with Crippen molar-refractivity contribution in [2.75, 3.05) is 37.9 Å². The van der Waals surface area contributed by atoms with Crippen LogP contribution < -0.4 is 14.4 Å². The maximum atomic E-state index is 12.3. The average Bonchev–Trinajstić information content (AvgIpc) is 2.61. The fourth-order valence-electron chi connectivity index (χ4n) is 2.10. The molecule has 0 aliphatic heterocycles. The molecule has 134 valence electrons. The summed E-state index contributed by atoms with van der Waals surface area (Å²) in [5, 5.41) is 2.77. The third kappa shape index (κ3) is 4.28. The Morgan fingerprint density at radius 3 is 2.24 bits per heavy atom. The lowest BCUT2D eigenvalue weighted by molar-refractivity contribution is 0.102. The third-order valence-corrected chi connectivity index (χ3v) is 5.45. The van der Waals surface area contributed by atoms with Gasteiger partial charge in [0.25, 0.3) is 5.91 Å². The smallest absolute Gasteiger partial charge is 0.303 e. The molecule has 1 amide bonds. The first-order valence-electron chi connectivity index (χ1n) is 7.47. The zero-order valence-electron chi connectivity index (χ0n) is 14.6. The Morgan fingerprint density at radius 2 is 1.68 bits per heavy atom. The van der Waals surface area contributed by atoms with Crippen LogP contribution in [0.5, 0.6) is 5.75 Å². The van der Waals surface area contributed by atoms with Crippen molar-refractivity contribution in [2.45, 2.75) is 0 Å². The molecule has 8 heteroatoms. The number of amides is 1. The van der Waals surface area contributed by atoms with Crippen LogP contribution in [0.25, 0.3) is 0 Å². The van der Waals surface area contributed by atoms with Gasteiger partial charge in [0.05, 0.1) is 12.8 Å². The molecular weight excluding hydrogens is 342 g/mol. The van der Waals surface area contributed by atoms with E-state index in [1.165, 1.54) is 21.1 Å². The number of carbonyl (C=O) groups excluding carboxylic acids is 1. The third-order valence-electron chi connectivity index (χ3n) is 3.63. The Labute approximate surface area is 148 Å². The summed E-state index contributed by atoms with van der Waals surface area (Å²) in [5.74, 6) is 0.349. The van der Waals surface area contributed by atoms with Gasteiger partial charge in [0.15, 0.2) is 0 Å². The number of benzene rings is 2. The SMILES string of the molecule is COc1cccc(NC(=O)c2ccc(N(C)S(=O)(=O)N(C)C)cc2)c1. The second-order valence-electron chi connectivity index (χ2n) is 5.49. The molecule has 0 saturated heterocycles. The van der Waals surface area contributed by atoms with Crippen LogP contribution in [0, 0.1) is 0 Å². The molecule has 2 aromatic carbocycles. The fraction of sp³-hybridized carbons (Fsp3) is 0.235. The van der Waals surface area contributed by atoms with Crippen LogP contribution in [0.1, 0.15) is 10.4 Å². The highest BCUT2D eigenvalue weighted by atomic mass is 32.2. The number of rotatable bonds is 6. The van der Waals surface area contributed by atoms with Gasteiger partial charge in [-0.15, -0.1) is 0 Å². The zero-order valence-corrected chi connectivity index (χ0v) is 15.4. The van der Waals surface area contributed by atoms with Gasteiger partial charge in [-0.2, -0.15) is 12.7 Å². The minimum absolute atomic E-state index is 0.294. The molecule has 0 bridgehead atoms. The fourth-order valence-corrected chi connectivity index (χ4v) is 2.98. The standard InChI is InChI=1S/C17H21N3O4S/c1-19(2)25(22,23)20(3)15-10-8-13(9-11-15)17(21)18-14-6-5-7-16(12-14)24-4/h5-12H,1-4H3,(H,18,21). The number of hydrogen-bond acceptors (Lipinski definition) is 4. The van der Waals surface area contributed by atoms with Gasteiger partial charge >= 0.3 is 10.2 Å². The van der Waals surface area contributed by atoms with E-state index in [0.717, 1.165) is 8.61 Å². The van der Waals surface area contributed by atoms with Gasteiger partial charge in [0.2, 0.25) is 0 Å². The van der Waals surface area contributed by atoms with Crippen molar-refractivity contribution in [2.24, 2.45) is 0 Å².